The van der Waals surface area contributed by atoms with Gasteiger partial charge in [0.05, 0.1) is 28.3 Å². The fourth-order valence-electron chi connectivity index (χ4n) is 2.30. The van der Waals surface area contributed by atoms with Crippen molar-refractivity contribution in [3.63, 3.8) is 0 Å². The number of ether oxygens (including phenoxy) is 1. The number of amides is 1. The smallest absolute Gasteiger partial charge is 0.243 e. The summed E-state index contributed by atoms with van der Waals surface area (Å²) in [6, 6.07) is 4.84. The first-order valence-electron chi connectivity index (χ1n) is 7.67. The fraction of sp³-hybridized carbons (Fsp3) is 0.467. The molecule has 1 aromatic heterocycles. The van der Waals surface area contributed by atoms with Crippen LogP contribution < -0.4 is 5.32 Å². The second-order valence-corrected chi connectivity index (χ2v) is 8.78. The van der Waals surface area contributed by atoms with Gasteiger partial charge in [-0.25, -0.2) is 13.4 Å². The molecule has 1 saturated heterocycles. The number of hydrogen-bond acceptors (Lipinski definition) is 6. The molecule has 130 valence electrons. The molecule has 0 radical (unpaired) electrons. The maximum Gasteiger partial charge on any atom is 0.243 e. The van der Waals surface area contributed by atoms with Crippen LogP contribution in [0.2, 0.25) is 0 Å². The summed E-state index contributed by atoms with van der Waals surface area (Å²) in [5, 5.41) is 3.22. The highest BCUT2D eigenvalue weighted by atomic mass is 32.2. The first-order valence-corrected chi connectivity index (χ1v) is 9.93. The van der Waals surface area contributed by atoms with E-state index in [9.17, 15) is 13.2 Å². The minimum absolute atomic E-state index is 0.116. The molecule has 1 aliphatic rings. The molecule has 0 unspecified atom stereocenters. The quantitative estimate of drug-likeness (QED) is 0.889. The molecule has 24 heavy (non-hydrogen) atoms. The SMILES string of the molecule is CC(C)C(=O)Nc1nc2ccc(S(=O)(=O)N3CCOCC3)cc2s1. The van der Waals surface area contributed by atoms with Crippen LogP contribution in [0.15, 0.2) is 23.1 Å². The largest absolute Gasteiger partial charge is 0.379 e. The number of hydrogen-bond donors (Lipinski definition) is 1. The Kier molecular flexibility index (Phi) is 4.86. The second kappa shape index (κ2) is 6.75. The van der Waals surface area contributed by atoms with Crippen molar-refractivity contribution in [2.45, 2.75) is 18.7 Å². The summed E-state index contributed by atoms with van der Waals surface area (Å²) in [6.07, 6.45) is 0. The van der Waals surface area contributed by atoms with Crippen molar-refractivity contribution < 1.29 is 17.9 Å². The number of nitrogens with zero attached hydrogens (tertiary/aromatic N) is 2. The van der Waals surface area contributed by atoms with Crippen LogP contribution >= 0.6 is 11.3 Å². The number of carbonyl (C=O) groups is 1. The standard InChI is InChI=1S/C15H19N3O4S2/c1-10(2)14(19)17-15-16-12-4-3-11(9-13(12)23-15)24(20,21)18-5-7-22-8-6-18/h3-4,9-10H,5-8H2,1-2H3,(H,16,17,19). The van der Waals surface area contributed by atoms with Crippen LogP contribution in [0.3, 0.4) is 0 Å². The summed E-state index contributed by atoms with van der Waals surface area (Å²) in [6.45, 7) is 5.14. The molecule has 2 heterocycles. The molecule has 0 aliphatic carbocycles. The van der Waals surface area contributed by atoms with Crippen LogP contribution in [-0.4, -0.2) is 49.9 Å². The number of benzene rings is 1. The lowest BCUT2D eigenvalue weighted by atomic mass is 10.2. The average molecular weight is 369 g/mol. The topological polar surface area (TPSA) is 88.6 Å². The summed E-state index contributed by atoms with van der Waals surface area (Å²) < 4.78 is 32.7. The molecule has 1 aliphatic heterocycles. The van der Waals surface area contributed by atoms with E-state index in [2.05, 4.69) is 10.3 Å². The molecule has 1 fully saturated rings. The minimum Gasteiger partial charge on any atom is -0.379 e. The second-order valence-electron chi connectivity index (χ2n) is 5.81. The first kappa shape index (κ1) is 17.3. The van der Waals surface area contributed by atoms with Gasteiger partial charge in [-0.3, -0.25) is 4.79 Å². The highest BCUT2D eigenvalue weighted by Gasteiger charge is 2.26. The lowest BCUT2D eigenvalue weighted by Crippen LogP contribution is -2.40. The molecular formula is C15H19N3O4S2. The lowest BCUT2D eigenvalue weighted by molar-refractivity contribution is -0.118. The summed E-state index contributed by atoms with van der Waals surface area (Å²) in [7, 11) is -3.54. The van der Waals surface area contributed by atoms with E-state index in [0.29, 0.717) is 37.0 Å². The van der Waals surface area contributed by atoms with Crippen molar-refractivity contribution in [3.05, 3.63) is 18.2 Å². The minimum atomic E-state index is -3.54. The molecule has 3 rings (SSSR count). The Morgan fingerprint density at radius 2 is 2.04 bits per heavy atom. The van der Waals surface area contributed by atoms with Gasteiger partial charge in [-0.15, -0.1) is 0 Å². The lowest BCUT2D eigenvalue weighted by Gasteiger charge is -2.25. The van der Waals surface area contributed by atoms with Gasteiger partial charge in [-0.2, -0.15) is 4.31 Å². The van der Waals surface area contributed by atoms with Gasteiger partial charge in [0.2, 0.25) is 15.9 Å². The van der Waals surface area contributed by atoms with Crippen molar-refractivity contribution in [1.82, 2.24) is 9.29 Å². The van der Waals surface area contributed by atoms with E-state index in [1.165, 1.54) is 15.6 Å². The fourth-order valence-corrected chi connectivity index (χ4v) is 4.72. The zero-order valence-corrected chi connectivity index (χ0v) is 15.1. The number of aromatic nitrogens is 1. The molecule has 0 bridgehead atoms. The first-order chi connectivity index (χ1) is 11.4. The van der Waals surface area contributed by atoms with Gasteiger partial charge in [-0.1, -0.05) is 25.2 Å². The van der Waals surface area contributed by atoms with E-state index in [4.69, 9.17) is 4.74 Å². The van der Waals surface area contributed by atoms with E-state index in [-0.39, 0.29) is 16.7 Å². The van der Waals surface area contributed by atoms with E-state index in [1.54, 1.807) is 32.0 Å². The molecule has 0 spiro atoms. The molecule has 9 heteroatoms. The third kappa shape index (κ3) is 3.44. The Labute approximate surface area is 144 Å². The molecule has 1 N–H and O–H groups in total. The Bertz CT molecular complexity index is 855. The molecule has 1 amide bonds. The van der Waals surface area contributed by atoms with E-state index >= 15 is 0 Å². The van der Waals surface area contributed by atoms with Gasteiger partial charge in [0, 0.05) is 19.0 Å². The van der Waals surface area contributed by atoms with Gasteiger partial charge in [0.1, 0.15) is 0 Å². The number of sulfonamides is 1. The number of anilines is 1. The molecule has 0 saturated carbocycles. The molecule has 0 atom stereocenters. The van der Waals surface area contributed by atoms with Crippen LogP contribution in [0, 0.1) is 5.92 Å². The van der Waals surface area contributed by atoms with Crippen LogP contribution in [0.25, 0.3) is 10.2 Å². The maximum atomic E-state index is 12.7. The predicted octanol–water partition coefficient (Wildman–Crippen LogP) is 1.91. The molecule has 1 aromatic carbocycles. The van der Waals surface area contributed by atoms with Crippen LogP contribution in [0.1, 0.15) is 13.8 Å². The van der Waals surface area contributed by atoms with Gasteiger partial charge in [0.25, 0.3) is 0 Å². The van der Waals surface area contributed by atoms with Gasteiger partial charge in [0.15, 0.2) is 5.13 Å². The van der Waals surface area contributed by atoms with Crippen molar-refractivity contribution in [2.24, 2.45) is 5.92 Å². The number of rotatable bonds is 4. The van der Waals surface area contributed by atoms with Gasteiger partial charge in [-0.05, 0) is 18.2 Å². The third-order valence-corrected chi connectivity index (χ3v) is 6.55. The van der Waals surface area contributed by atoms with E-state index in [1.807, 2.05) is 0 Å². The third-order valence-electron chi connectivity index (χ3n) is 3.72. The van der Waals surface area contributed by atoms with Crippen molar-refractivity contribution in [1.29, 1.82) is 0 Å². The monoisotopic (exact) mass is 369 g/mol. The Morgan fingerprint density at radius 1 is 1.33 bits per heavy atom. The zero-order valence-electron chi connectivity index (χ0n) is 13.5. The van der Waals surface area contributed by atoms with Gasteiger partial charge >= 0.3 is 0 Å². The zero-order chi connectivity index (χ0) is 17.3. The summed E-state index contributed by atoms with van der Waals surface area (Å²) in [5.41, 5.74) is 0.667. The Balaban J connectivity index is 1.89. The number of morpholine rings is 1. The Hall–Kier alpha value is -1.55. The maximum absolute atomic E-state index is 12.7. The molecule has 7 nitrogen and oxygen atoms in total. The van der Waals surface area contributed by atoms with Crippen LogP contribution in [-0.2, 0) is 19.6 Å². The summed E-state index contributed by atoms with van der Waals surface area (Å²) in [4.78, 5) is 16.3. The number of fused-ring (bicyclic) bond motifs is 1. The Morgan fingerprint density at radius 3 is 2.71 bits per heavy atom. The van der Waals surface area contributed by atoms with Crippen molar-refractivity contribution >= 4 is 42.6 Å². The number of carbonyl (C=O) groups excluding carboxylic acids is 1. The van der Waals surface area contributed by atoms with Gasteiger partial charge < -0.3 is 10.1 Å². The summed E-state index contributed by atoms with van der Waals surface area (Å²) >= 11 is 1.27. The van der Waals surface area contributed by atoms with E-state index < -0.39 is 10.0 Å². The summed E-state index contributed by atoms with van der Waals surface area (Å²) in [5.74, 6) is -0.260. The van der Waals surface area contributed by atoms with Crippen LogP contribution in [0.5, 0.6) is 0 Å². The molecular weight excluding hydrogens is 350 g/mol. The van der Waals surface area contributed by atoms with E-state index in [0.717, 1.165) is 4.70 Å². The predicted molar refractivity (Wildman–Crippen MR) is 92.7 cm³/mol. The van der Waals surface area contributed by atoms with Crippen molar-refractivity contribution in [3.8, 4) is 0 Å². The highest BCUT2D eigenvalue weighted by Crippen LogP contribution is 2.29. The number of thiazole rings is 1. The molecule has 2 aromatic rings. The van der Waals surface area contributed by atoms with Crippen molar-refractivity contribution in [2.75, 3.05) is 31.6 Å². The van der Waals surface area contributed by atoms with Crippen LogP contribution in [0.4, 0.5) is 5.13 Å². The normalized spacial score (nSPS) is 16.6. The average Bonchev–Trinajstić information content (AvgIpc) is 2.96. The highest BCUT2D eigenvalue weighted by molar-refractivity contribution is 7.89. The number of nitrogens with one attached hydrogen (secondary N) is 1.